The van der Waals surface area contributed by atoms with E-state index in [0.717, 1.165) is 5.56 Å². The predicted molar refractivity (Wildman–Crippen MR) is 64.1 cm³/mol. The van der Waals surface area contributed by atoms with Crippen LogP contribution in [0.1, 0.15) is 11.7 Å². The minimum Gasteiger partial charge on any atom is -0.387 e. The standard InChI is InChI=1S/C13H13FN2O/c14-11-4-1-5-12(7-11)16-9-13(17)10-3-2-6-15-8-10/h1-8,13,16-17H,9H2. The molecule has 0 amide bonds. The fraction of sp³-hybridized carbons (Fsp3) is 0.154. The van der Waals surface area contributed by atoms with Crippen LogP contribution < -0.4 is 5.32 Å². The zero-order chi connectivity index (χ0) is 12.1. The molecule has 88 valence electrons. The summed E-state index contributed by atoms with van der Waals surface area (Å²) in [6.07, 6.45) is 2.60. The van der Waals surface area contributed by atoms with Crippen molar-refractivity contribution in [3.63, 3.8) is 0 Å². The molecule has 1 heterocycles. The van der Waals surface area contributed by atoms with Crippen molar-refractivity contribution in [2.24, 2.45) is 0 Å². The second-order valence-electron chi connectivity index (χ2n) is 3.69. The van der Waals surface area contributed by atoms with Crippen LogP contribution in [0.4, 0.5) is 10.1 Å². The van der Waals surface area contributed by atoms with Crippen molar-refractivity contribution in [2.45, 2.75) is 6.10 Å². The molecule has 0 aliphatic carbocycles. The number of aliphatic hydroxyl groups excluding tert-OH is 1. The highest BCUT2D eigenvalue weighted by atomic mass is 19.1. The van der Waals surface area contributed by atoms with Gasteiger partial charge >= 0.3 is 0 Å². The number of nitrogens with zero attached hydrogens (tertiary/aromatic N) is 1. The molecule has 4 heteroatoms. The highest BCUT2D eigenvalue weighted by Gasteiger charge is 2.06. The van der Waals surface area contributed by atoms with Gasteiger partial charge in [0.2, 0.25) is 0 Å². The normalized spacial score (nSPS) is 12.1. The van der Waals surface area contributed by atoms with Crippen LogP contribution in [0.2, 0.25) is 0 Å². The Kier molecular flexibility index (Phi) is 3.67. The number of halogens is 1. The van der Waals surface area contributed by atoms with Gasteiger partial charge in [0.15, 0.2) is 0 Å². The lowest BCUT2D eigenvalue weighted by molar-refractivity contribution is 0.191. The quantitative estimate of drug-likeness (QED) is 0.850. The molecular formula is C13H13FN2O. The number of aromatic nitrogens is 1. The van der Waals surface area contributed by atoms with Crippen LogP contribution in [-0.4, -0.2) is 16.6 Å². The van der Waals surface area contributed by atoms with Crippen molar-refractivity contribution in [3.05, 3.63) is 60.2 Å². The summed E-state index contributed by atoms with van der Waals surface area (Å²) in [7, 11) is 0. The number of nitrogens with one attached hydrogen (secondary N) is 1. The summed E-state index contributed by atoms with van der Waals surface area (Å²) in [5, 5.41) is 12.8. The number of hydrogen-bond acceptors (Lipinski definition) is 3. The van der Waals surface area contributed by atoms with Crippen LogP contribution in [0.15, 0.2) is 48.8 Å². The molecule has 1 atom stereocenters. The van der Waals surface area contributed by atoms with Gasteiger partial charge < -0.3 is 10.4 Å². The van der Waals surface area contributed by atoms with Gasteiger partial charge in [-0.2, -0.15) is 0 Å². The van der Waals surface area contributed by atoms with Gasteiger partial charge in [0.25, 0.3) is 0 Å². The number of aliphatic hydroxyl groups is 1. The van der Waals surface area contributed by atoms with Gasteiger partial charge in [-0.05, 0) is 24.3 Å². The van der Waals surface area contributed by atoms with Crippen molar-refractivity contribution in [1.29, 1.82) is 0 Å². The third-order valence-electron chi connectivity index (χ3n) is 2.39. The Bertz CT molecular complexity index is 476. The largest absolute Gasteiger partial charge is 0.387 e. The Balaban J connectivity index is 1.95. The van der Waals surface area contributed by atoms with Crippen LogP contribution >= 0.6 is 0 Å². The molecule has 0 radical (unpaired) electrons. The first-order valence-corrected chi connectivity index (χ1v) is 5.33. The lowest BCUT2D eigenvalue weighted by Gasteiger charge is -2.12. The van der Waals surface area contributed by atoms with Crippen LogP contribution in [0.25, 0.3) is 0 Å². The third kappa shape index (κ3) is 3.26. The molecule has 2 rings (SSSR count). The molecule has 0 saturated heterocycles. The van der Waals surface area contributed by atoms with Gasteiger partial charge in [-0.1, -0.05) is 12.1 Å². The smallest absolute Gasteiger partial charge is 0.125 e. The molecule has 1 aromatic heterocycles. The van der Waals surface area contributed by atoms with E-state index < -0.39 is 6.10 Å². The maximum atomic E-state index is 12.9. The lowest BCUT2D eigenvalue weighted by atomic mass is 10.1. The van der Waals surface area contributed by atoms with Gasteiger partial charge in [0.1, 0.15) is 5.82 Å². The van der Waals surface area contributed by atoms with Crippen molar-refractivity contribution in [1.82, 2.24) is 4.98 Å². The van der Waals surface area contributed by atoms with E-state index in [4.69, 9.17) is 0 Å². The second kappa shape index (κ2) is 5.41. The first-order valence-electron chi connectivity index (χ1n) is 5.33. The number of rotatable bonds is 4. The van der Waals surface area contributed by atoms with Gasteiger partial charge in [0.05, 0.1) is 6.10 Å². The molecule has 0 aliphatic rings. The highest BCUT2D eigenvalue weighted by Crippen LogP contribution is 2.14. The molecule has 0 bridgehead atoms. The minimum absolute atomic E-state index is 0.300. The molecule has 17 heavy (non-hydrogen) atoms. The first kappa shape index (κ1) is 11.5. The summed E-state index contributed by atoms with van der Waals surface area (Å²) in [6, 6.07) is 9.69. The van der Waals surface area contributed by atoms with Gasteiger partial charge in [0, 0.05) is 30.2 Å². The Morgan fingerprint density at radius 2 is 2.18 bits per heavy atom. The van der Waals surface area contributed by atoms with Crippen LogP contribution in [-0.2, 0) is 0 Å². The molecule has 1 aromatic carbocycles. The van der Waals surface area contributed by atoms with Crippen molar-refractivity contribution < 1.29 is 9.50 Å². The summed E-state index contributed by atoms with van der Waals surface area (Å²) < 4.78 is 12.9. The lowest BCUT2D eigenvalue weighted by Crippen LogP contribution is -2.12. The van der Waals surface area contributed by atoms with E-state index in [1.165, 1.54) is 12.1 Å². The van der Waals surface area contributed by atoms with E-state index in [9.17, 15) is 9.50 Å². The van der Waals surface area contributed by atoms with Crippen molar-refractivity contribution >= 4 is 5.69 Å². The monoisotopic (exact) mass is 232 g/mol. The second-order valence-corrected chi connectivity index (χ2v) is 3.69. The number of hydrogen-bond donors (Lipinski definition) is 2. The average Bonchev–Trinajstić information content (AvgIpc) is 2.37. The maximum Gasteiger partial charge on any atom is 0.125 e. The molecule has 2 aromatic rings. The number of pyridine rings is 1. The van der Waals surface area contributed by atoms with Crippen LogP contribution in [0, 0.1) is 5.82 Å². The first-order chi connectivity index (χ1) is 8.25. The molecular weight excluding hydrogens is 219 g/mol. The molecule has 0 saturated carbocycles. The topological polar surface area (TPSA) is 45.1 Å². The van der Waals surface area contributed by atoms with Crippen LogP contribution in [0.3, 0.4) is 0 Å². The zero-order valence-corrected chi connectivity index (χ0v) is 9.18. The summed E-state index contributed by atoms with van der Waals surface area (Å²) in [5.74, 6) is -0.300. The Morgan fingerprint density at radius 1 is 1.29 bits per heavy atom. The molecule has 3 nitrogen and oxygen atoms in total. The Hall–Kier alpha value is -1.94. The average molecular weight is 232 g/mol. The van der Waals surface area contributed by atoms with E-state index in [1.54, 1.807) is 36.7 Å². The fourth-order valence-electron chi connectivity index (χ4n) is 1.50. The number of anilines is 1. The van der Waals surface area contributed by atoms with Gasteiger partial charge in [-0.15, -0.1) is 0 Å². The van der Waals surface area contributed by atoms with E-state index >= 15 is 0 Å². The minimum atomic E-state index is -0.660. The molecule has 0 aliphatic heterocycles. The summed E-state index contributed by atoms with van der Waals surface area (Å²) in [5.41, 5.74) is 1.38. The van der Waals surface area contributed by atoms with Gasteiger partial charge in [-0.25, -0.2) is 4.39 Å². The van der Waals surface area contributed by atoms with E-state index in [-0.39, 0.29) is 5.82 Å². The van der Waals surface area contributed by atoms with Crippen LogP contribution in [0.5, 0.6) is 0 Å². The van der Waals surface area contributed by atoms with Crippen molar-refractivity contribution in [3.8, 4) is 0 Å². The predicted octanol–water partition coefficient (Wildman–Crippen LogP) is 2.37. The maximum absolute atomic E-state index is 12.9. The molecule has 2 N–H and O–H groups in total. The molecule has 0 spiro atoms. The Morgan fingerprint density at radius 3 is 2.88 bits per heavy atom. The summed E-state index contributed by atoms with van der Waals surface area (Å²) in [4.78, 5) is 3.93. The fourth-order valence-corrected chi connectivity index (χ4v) is 1.50. The number of benzene rings is 1. The van der Waals surface area contributed by atoms with Crippen molar-refractivity contribution in [2.75, 3.05) is 11.9 Å². The van der Waals surface area contributed by atoms with E-state index in [0.29, 0.717) is 12.2 Å². The van der Waals surface area contributed by atoms with Gasteiger partial charge in [-0.3, -0.25) is 4.98 Å². The summed E-state index contributed by atoms with van der Waals surface area (Å²) >= 11 is 0. The summed E-state index contributed by atoms with van der Waals surface area (Å²) in [6.45, 7) is 0.315. The van der Waals surface area contributed by atoms with E-state index in [2.05, 4.69) is 10.3 Å². The van der Waals surface area contributed by atoms with E-state index in [1.807, 2.05) is 0 Å². The molecule has 1 unspecified atom stereocenters. The Labute approximate surface area is 98.9 Å². The SMILES string of the molecule is OC(CNc1cccc(F)c1)c1cccnc1. The highest BCUT2D eigenvalue weighted by molar-refractivity contribution is 5.43. The zero-order valence-electron chi connectivity index (χ0n) is 9.18. The molecule has 0 fully saturated rings. The third-order valence-corrected chi connectivity index (χ3v) is 2.39.